The third-order valence-electron chi connectivity index (χ3n) is 3.33. The molecule has 5 nitrogen and oxygen atoms in total. The molecule has 0 radical (unpaired) electrons. The van der Waals surface area contributed by atoms with Gasteiger partial charge < -0.3 is 15.2 Å². The third-order valence-corrected chi connectivity index (χ3v) is 3.97. The summed E-state index contributed by atoms with van der Waals surface area (Å²) in [7, 11) is 0. The highest BCUT2D eigenvalue weighted by Crippen LogP contribution is 2.36. The van der Waals surface area contributed by atoms with Crippen molar-refractivity contribution in [1.29, 1.82) is 0 Å². The predicted molar refractivity (Wildman–Crippen MR) is 80.9 cm³/mol. The minimum absolute atomic E-state index is 0.00290. The third kappa shape index (κ3) is 2.25. The predicted octanol–water partition coefficient (Wildman–Crippen LogP) is 2.63. The Hall–Kier alpha value is -1.66. The summed E-state index contributed by atoms with van der Waals surface area (Å²) in [5, 5.41) is 6.20. The minimum Gasteiger partial charge on any atom is -0.324 e. The van der Waals surface area contributed by atoms with Crippen molar-refractivity contribution < 1.29 is 4.79 Å². The Balaban J connectivity index is 1.99. The van der Waals surface area contributed by atoms with E-state index in [-0.39, 0.29) is 11.9 Å². The number of hydrogen-bond donors (Lipinski definition) is 2. The highest BCUT2D eigenvalue weighted by Gasteiger charge is 2.30. The van der Waals surface area contributed by atoms with Crippen molar-refractivity contribution >= 4 is 27.5 Å². The SMILES string of the molecule is CCCNC1C(=O)Nc2cc(-n3ccnc3)c(Br)cc21. The summed E-state index contributed by atoms with van der Waals surface area (Å²) in [4.78, 5) is 16.1. The van der Waals surface area contributed by atoms with E-state index < -0.39 is 0 Å². The topological polar surface area (TPSA) is 59.0 Å². The van der Waals surface area contributed by atoms with Crippen LogP contribution in [0.2, 0.25) is 0 Å². The minimum atomic E-state index is -0.266. The van der Waals surface area contributed by atoms with Gasteiger partial charge in [-0.25, -0.2) is 4.98 Å². The van der Waals surface area contributed by atoms with Crippen molar-refractivity contribution in [3.63, 3.8) is 0 Å². The summed E-state index contributed by atoms with van der Waals surface area (Å²) < 4.78 is 2.85. The number of aromatic nitrogens is 2. The van der Waals surface area contributed by atoms with Gasteiger partial charge in [0.2, 0.25) is 5.91 Å². The van der Waals surface area contributed by atoms with Gasteiger partial charge in [-0.1, -0.05) is 6.92 Å². The first-order valence-corrected chi connectivity index (χ1v) is 7.36. The van der Waals surface area contributed by atoms with Crippen LogP contribution in [0.4, 0.5) is 5.69 Å². The Morgan fingerprint density at radius 2 is 2.35 bits per heavy atom. The smallest absolute Gasteiger partial charge is 0.246 e. The molecule has 1 atom stereocenters. The number of fused-ring (bicyclic) bond motifs is 1. The zero-order chi connectivity index (χ0) is 14.1. The number of benzene rings is 1. The van der Waals surface area contributed by atoms with Gasteiger partial charge in [0.25, 0.3) is 0 Å². The molecule has 1 amide bonds. The van der Waals surface area contributed by atoms with Crippen molar-refractivity contribution in [1.82, 2.24) is 14.9 Å². The van der Waals surface area contributed by atoms with Crippen molar-refractivity contribution in [3.05, 3.63) is 40.9 Å². The van der Waals surface area contributed by atoms with Gasteiger partial charge in [0.05, 0.1) is 12.0 Å². The molecule has 1 unspecified atom stereocenters. The average Bonchev–Trinajstić information content (AvgIpc) is 3.04. The van der Waals surface area contributed by atoms with E-state index >= 15 is 0 Å². The van der Waals surface area contributed by atoms with Crippen molar-refractivity contribution in [2.45, 2.75) is 19.4 Å². The van der Waals surface area contributed by atoms with Gasteiger partial charge >= 0.3 is 0 Å². The maximum Gasteiger partial charge on any atom is 0.246 e. The maximum atomic E-state index is 12.0. The lowest BCUT2D eigenvalue weighted by Crippen LogP contribution is -2.28. The summed E-state index contributed by atoms with van der Waals surface area (Å²) in [6.45, 7) is 2.90. The molecule has 1 aliphatic rings. The number of nitrogens with one attached hydrogen (secondary N) is 2. The summed E-state index contributed by atoms with van der Waals surface area (Å²) >= 11 is 3.57. The second-order valence-electron chi connectivity index (χ2n) is 4.74. The van der Waals surface area contributed by atoms with E-state index in [1.54, 1.807) is 12.5 Å². The molecular weight excluding hydrogens is 320 g/mol. The lowest BCUT2D eigenvalue weighted by atomic mass is 10.1. The summed E-state index contributed by atoms with van der Waals surface area (Å²) in [6.07, 6.45) is 6.32. The first-order chi connectivity index (χ1) is 9.70. The second-order valence-corrected chi connectivity index (χ2v) is 5.59. The van der Waals surface area contributed by atoms with Crippen LogP contribution in [-0.4, -0.2) is 22.0 Å². The van der Waals surface area contributed by atoms with Gasteiger partial charge in [-0.05, 0) is 41.0 Å². The fourth-order valence-electron chi connectivity index (χ4n) is 2.36. The van der Waals surface area contributed by atoms with Crippen LogP contribution in [0.25, 0.3) is 5.69 Å². The van der Waals surface area contributed by atoms with Crippen molar-refractivity contribution in [2.75, 3.05) is 11.9 Å². The van der Waals surface area contributed by atoms with Gasteiger partial charge in [0, 0.05) is 28.1 Å². The fraction of sp³-hybridized carbons (Fsp3) is 0.286. The highest BCUT2D eigenvalue weighted by atomic mass is 79.9. The average molecular weight is 335 g/mol. The number of carbonyl (C=O) groups excluding carboxylic acids is 1. The van der Waals surface area contributed by atoms with Gasteiger partial charge in [-0.3, -0.25) is 4.79 Å². The molecule has 0 spiro atoms. The monoisotopic (exact) mass is 334 g/mol. The van der Waals surface area contributed by atoms with Gasteiger partial charge in [0.15, 0.2) is 0 Å². The first kappa shape index (κ1) is 13.3. The summed E-state index contributed by atoms with van der Waals surface area (Å²) in [5.41, 5.74) is 2.80. The molecule has 2 aromatic rings. The first-order valence-electron chi connectivity index (χ1n) is 6.56. The molecule has 0 fully saturated rings. The Labute approximate surface area is 125 Å². The van der Waals surface area contributed by atoms with E-state index in [0.717, 1.165) is 34.4 Å². The van der Waals surface area contributed by atoms with Crippen LogP contribution >= 0.6 is 15.9 Å². The molecule has 2 N–H and O–H groups in total. The van der Waals surface area contributed by atoms with Gasteiger partial charge in [0.1, 0.15) is 6.04 Å². The van der Waals surface area contributed by atoms with Gasteiger partial charge in [-0.2, -0.15) is 0 Å². The largest absolute Gasteiger partial charge is 0.324 e. The van der Waals surface area contributed by atoms with Crippen LogP contribution < -0.4 is 10.6 Å². The van der Waals surface area contributed by atoms with Crippen LogP contribution in [-0.2, 0) is 4.79 Å². The number of hydrogen-bond acceptors (Lipinski definition) is 3. The maximum absolute atomic E-state index is 12.0. The van der Waals surface area contributed by atoms with Crippen molar-refractivity contribution in [3.8, 4) is 5.69 Å². The van der Waals surface area contributed by atoms with Crippen LogP contribution in [0, 0.1) is 0 Å². The van der Waals surface area contributed by atoms with E-state index in [1.165, 1.54) is 0 Å². The van der Waals surface area contributed by atoms with Crippen LogP contribution in [0.1, 0.15) is 24.9 Å². The Morgan fingerprint density at radius 3 is 3.05 bits per heavy atom. The molecule has 6 heteroatoms. The van der Waals surface area contributed by atoms with E-state index in [0.29, 0.717) is 0 Å². The van der Waals surface area contributed by atoms with Crippen LogP contribution in [0.5, 0.6) is 0 Å². The molecule has 0 saturated carbocycles. The molecule has 20 heavy (non-hydrogen) atoms. The molecule has 3 rings (SSSR count). The number of carbonyl (C=O) groups is 1. The normalized spacial score (nSPS) is 17.1. The summed E-state index contributed by atoms with van der Waals surface area (Å²) in [5.74, 6) is 0.00290. The number of amides is 1. The zero-order valence-corrected chi connectivity index (χ0v) is 12.6. The molecule has 1 aromatic heterocycles. The van der Waals surface area contributed by atoms with E-state index in [4.69, 9.17) is 0 Å². The fourth-order valence-corrected chi connectivity index (χ4v) is 2.93. The van der Waals surface area contributed by atoms with Crippen LogP contribution in [0.3, 0.4) is 0 Å². The standard InChI is InChI=1S/C14H15BrN4O/c1-2-3-17-13-9-6-10(15)12(19-5-4-16-8-19)7-11(9)18-14(13)20/h4-8,13,17H,2-3H2,1H3,(H,18,20). The highest BCUT2D eigenvalue weighted by molar-refractivity contribution is 9.10. The molecule has 1 aromatic carbocycles. The second kappa shape index (κ2) is 5.38. The number of anilines is 1. The van der Waals surface area contributed by atoms with E-state index in [9.17, 15) is 4.79 Å². The Morgan fingerprint density at radius 1 is 1.50 bits per heavy atom. The van der Waals surface area contributed by atoms with E-state index in [2.05, 4.69) is 38.5 Å². The van der Waals surface area contributed by atoms with Crippen molar-refractivity contribution in [2.24, 2.45) is 0 Å². The molecule has 0 saturated heterocycles. The number of rotatable bonds is 4. The van der Waals surface area contributed by atoms with E-state index in [1.807, 2.05) is 22.9 Å². The van der Waals surface area contributed by atoms with Gasteiger partial charge in [-0.15, -0.1) is 0 Å². The Kier molecular flexibility index (Phi) is 3.58. The molecule has 104 valence electrons. The number of halogens is 1. The van der Waals surface area contributed by atoms with Crippen LogP contribution in [0.15, 0.2) is 35.3 Å². The number of imidazole rings is 1. The molecule has 2 heterocycles. The number of nitrogens with zero attached hydrogens (tertiary/aromatic N) is 2. The molecule has 1 aliphatic heterocycles. The molecular formula is C14H15BrN4O. The lowest BCUT2D eigenvalue weighted by molar-refractivity contribution is -0.117. The summed E-state index contributed by atoms with van der Waals surface area (Å²) in [6, 6.07) is 3.70. The Bertz CT molecular complexity index is 639. The quantitative estimate of drug-likeness (QED) is 0.903. The zero-order valence-electron chi connectivity index (χ0n) is 11.1. The molecule has 0 aliphatic carbocycles. The molecule has 0 bridgehead atoms. The lowest BCUT2D eigenvalue weighted by Gasteiger charge is -2.12.